The van der Waals surface area contributed by atoms with Gasteiger partial charge < -0.3 is 5.43 Å². The van der Waals surface area contributed by atoms with Crippen molar-refractivity contribution in [2.45, 2.75) is 24.7 Å². The zero-order valence-electron chi connectivity index (χ0n) is 11.7. The van der Waals surface area contributed by atoms with Gasteiger partial charge in [0.1, 0.15) is 5.69 Å². The van der Waals surface area contributed by atoms with E-state index in [2.05, 4.69) is 5.43 Å². The zero-order chi connectivity index (χ0) is 15.6. The van der Waals surface area contributed by atoms with Crippen molar-refractivity contribution in [3.8, 4) is 0 Å². The fourth-order valence-corrected chi connectivity index (χ4v) is 3.64. The monoisotopic (exact) mass is 314 g/mol. The van der Waals surface area contributed by atoms with Gasteiger partial charge >= 0.3 is 0 Å². The Morgan fingerprint density at radius 1 is 1.48 bits per heavy atom. The second-order valence-corrected chi connectivity index (χ2v) is 6.92. The number of rotatable bonds is 7. The van der Waals surface area contributed by atoms with Crippen LogP contribution >= 0.6 is 0 Å². The highest BCUT2D eigenvalue weighted by molar-refractivity contribution is 7.89. The van der Waals surface area contributed by atoms with E-state index in [9.17, 15) is 18.5 Å². The highest BCUT2D eigenvalue weighted by atomic mass is 32.2. The van der Waals surface area contributed by atoms with Gasteiger partial charge in [-0.25, -0.2) is 8.42 Å². The molecule has 0 atom stereocenters. The largest absolute Gasteiger partial charge is 0.318 e. The summed E-state index contributed by atoms with van der Waals surface area (Å²) in [6, 6.07) is 3.58. The first-order valence-corrected chi connectivity index (χ1v) is 8.09. The van der Waals surface area contributed by atoms with Gasteiger partial charge in [0.2, 0.25) is 10.0 Å². The Hall–Kier alpha value is -1.71. The molecule has 9 heteroatoms. The number of nitrogens with zero attached hydrogens (tertiary/aromatic N) is 2. The van der Waals surface area contributed by atoms with Crippen LogP contribution in [0.3, 0.4) is 0 Å². The number of hydrazine groups is 1. The summed E-state index contributed by atoms with van der Waals surface area (Å²) >= 11 is 0. The summed E-state index contributed by atoms with van der Waals surface area (Å²) in [5.74, 6) is 5.66. The van der Waals surface area contributed by atoms with Gasteiger partial charge in [0.05, 0.1) is 9.82 Å². The van der Waals surface area contributed by atoms with E-state index in [0.29, 0.717) is 19.0 Å². The van der Waals surface area contributed by atoms with Crippen molar-refractivity contribution >= 4 is 21.4 Å². The zero-order valence-corrected chi connectivity index (χ0v) is 12.5. The molecule has 0 spiro atoms. The van der Waals surface area contributed by atoms with Crippen molar-refractivity contribution in [1.82, 2.24) is 4.31 Å². The molecule has 1 aliphatic rings. The van der Waals surface area contributed by atoms with Crippen molar-refractivity contribution in [3.05, 3.63) is 28.3 Å². The standard InChI is InChI=1S/C12H18N4O4S/c1-2-15(8-9-3-4-9)21(19,20)10-5-6-12(16(17)18)11(7-10)14-13/h5-7,9,14H,2-4,8,13H2,1H3. The number of nitrogen functional groups attached to an aromatic ring is 1. The van der Waals surface area contributed by atoms with Gasteiger partial charge in [-0.2, -0.15) is 4.31 Å². The Bertz CT molecular complexity index is 643. The number of hydrogen-bond acceptors (Lipinski definition) is 6. The second-order valence-electron chi connectivity index (χ2n) is 4.98. The van der Waals surface area contributed by atoms with Crippen LogP contribution in [0.25, 0.3) is 0 Å². The quantitative estimate of drug-likeness (QED) is 0.445. The average Bonchev–Trinajstić information content (AvgIpc) is 3.27. The van der Waals surface area contributed by atoms with Crippen molar-refractivity contribution in [2.24, 2.45) is 11.8 Å². The molecule has 1 aromatic rings. The number of sulfonamides is 1. The molecule has 116 valence electrons. The summed E-state index contributed by atoms with van der Waals surface area (Å²) < 4.78 is 26.5. The number of benzene rings is 1. The third-order valence-corrected chi connectivity index (χ3v) is 5.41. The van der Waals surface area contributed by atoms with E-state index in [4.69, 9.17) is 5.84 Å². The summed E-state index contributed by atoms with van der Waals surface area (Å²) in [5.41, 5.74) is 1.89. The van der Waals surface area contributed by atoms with Gasteiger partial charge in [-0.3, -0.25) is 16.0 Å². The van der Waals surface area contributed by atoms with Crippen molar-refractivity contribution in [2.75, 3.05) is 18.5 Å². The molecule has 0 radical (unpaired) electrons. The minimum absolute atomic E-state index is 0.00329. The molecular formula is C12H18N4O4S. The molecular weight excluding hydrogens is 296 g/mol. The van der Waals surface area contributed by atoms with Crippen LogP contribution < -0.4 is 11.3 Å². The molecule has 0 bridgehead atoms. The molecule has 1 aliphatic carbocycles. The highest BCUT2D eigenvalue weighted by Crippen LogP contribution is 2.33. The van der Waals surface area contributed by atoms with Crippen LogP contribution in [0.5, 0.6) is 0 Å². The summed E-state index contributed by atoms with van der Waals surface area (Å²) in [7, 11) is -3.67. The Kier molecular flexibility index (Phi) is 4.45. The summed E-state index contributed by atoms with van der Waals surface area (Å²) in [6.07, 6.45) is 2.09. The van der Waals surface area contributed by atoms with E-state index >= 15 is 0 Å². The van der Waals surface area contributed by atoms with E-state index < -0.39 is 14.9 Å². The molecule has 21 heavy (non-hydrogen) atoms. The molecule has 8 nitrogen and oxygen atoms in total. The van der Waals surface area contributed by atoms with Gasteiger partial charge in [-0.15, -0.1) is 0 Å². The number of anilines is 1. The van der Waals surface area contributed by atoms with Crippen LogP contribution in [0.4, 0.5) is 11.4 Å². The van der Waals surface area contributed by atoms with E-state index in [1.165, 1.54) is 16.4 Å². The number of nitrogens with two attached hydrogens (primary N) is 1. The maximum atomic E-state index is 12.6. The van der Waals surface area contributed by atoms with E-state index in [-0.39, 0.29) is 16.3 Å². The summed E-state index contributed by atoms with van der Waals surface area (Å²) in [4.78, 5) is 10.2. The second kappa shape index (κ2) is 5.96. The lowest BCUT2D eigenvalue weighted by molar-refractivity contribution is -0.384. The summed E-state index contributed by atoms with van der Waals surface area (Å²) in [6.45, 7) is 2.62. The number of nitro groups is 1. The molecule has 0 amide bonds. The van der Waals surface area contributed by atoms with Crippen molar-refractivity contribution < 1.29 is 13.3 Å². The molecule has 3 N–H and O–H groups in total. The topological polar surface area (TPSA) is 119 Å². The number of nitrogens with one attached hydrogen (secondary N) is 1. The Morgan fingerprint density at radius 2 is 2.14 bits per heavy atom. The maximum absolute atomic E-state index is 12.6. The molecule has 0 heterocycles. The average molecular weight is 314 g/mol. The van der Waals surface area contributed by atoms with Crippen LogP contribution in [0.15, 0.2) is 23.1 Å². The van der Waals surface area contributed by atoms with Gasteiger partial charge in [-0.1, -0.05) is 6.92 Å². The first kappa shape index (κ1) is 15.7. The van der Waals surface area contributed by atoms with E-state index in [0.717, 1.165) is 18.9 Å². The lowest BCUT2D eigenvalue weighted by atomic mass is 10.3. The number of nitro benzene ring substituents is 1. The van der Waals surface area contributed by atoms with Crippen LogP contribution in [0.2, 0.25) is 0 Å². The third-order valence-electron chi connectivity index (χ3n) is 3.47. The molecule has 1 fully saturated rings. The van der Waals surface area contributed by atoms with Gasteiger partial charge in [0.25, 0.3) is 5.69 Å². The van der Waals surface area contributed by atoms with E-state index in [1.54, 1.807) is 6.92 Å². The SMILES string of the molecule is CCN(CC1CC1)S(=O)(=O)c1ccc([N+](=O)[O-])c(NN)c1. The highest BCUT2D eigenvalue weighted by Gasteiger charge is 2.31. The van der Waals surface area contributed by atoms with Crippen molar-refractivity contribution in [1.29, 1.82) is 0 Å². The van der Waals surface area contributed by atoms with Gasteiger partial charge in [0, 0.05) is 19.2 Å². The van der Waals surface area contributed by atoms with Gasteiger partial charge in [-0.05, 0) is 30.9 Å². The lowest BCUT2D eigenvalue weighted by Gasteiger charge is -2.20. The van der Waals surface area contributed by atoms with Crippen LogP contribution in [-0.2, 0) is 10.0 Å². The minimum atomic E-state index is -3.67. The normalized spacial score (nSPS) is 15.2. The smallest absolute Gasteiger partial charge is 0.293 e. The first-order chi connectivity index (χ1) is 9.90. The van der Waals surface area contributed by atoms with E-state index in [1.807, 2.05) is 0 Å². The molecule has 0 aliphatic heterocycles. The molecule has 0 saturated heterocycles. The number of hydrogen-bond donors (Lipinski definition) is 2. The Morgan fingerprint density at radius 3 is 2.62 bits per heavy atom. The fraction of sp³-hybridized carbons (Fsp3) is 0.500. The van der Waals surface area contributed by atoms with Crippen molar-refractivity contribution in [3.63, 3.8) is 0 Å². The molecule has 1 aromatic carbocycles. The third kappa shape index (κ3) is 3.31. The fourth-order valence-electron chi connectivity index (χ4n) is 2.09. The first-order valence-electron chi connectivity index (χ1n) is 6.65. The molecule has 1 saturated carbocycles. The lowest BCUT2D eigenvalue weighted by Crippen LogP contribution is -2.32. The molecule has 0 unspecified atom stereocenters. The Balaban J connectivity index is 2.36. The molecule has 2 rings (SSSR count). The summed E-state index contributed by atoms with van der Waals surface area (Å²) in [5, 5.41) is 10.8. The predicted molar refractivity (Wildman–Crippen MR) is 78.1 cm³/mol. The van der Waals surface area contributed by atoms with Crippen LogP contribution in [0.1, 0.15) is 19.8 Å². The Labute approximate surface area is 123 Å². The van der Waals surface area contributed by atoms with Crippen LogP contribution in [0, 0.1) is 16.0 Å². The van der Waals surface area contributed by atoms with Gasteiger partial charge in [0.15, 0.2) is 0 Å². The minimum Gasteiger partial charge on any atom is -0.318 e. The predicted octanol–water partition coefficient (Wildman–Crippen LogP) is 1.30. The maximum Gasteiger partial charge on any atom is 0.293 e. The van der Waals surface area contributed by atoms with Crippen LogP contribution in [-0.4, -0.2) is 30.7 Å². The molecule has 0 aromatic heterocycles.